The fourth-order valence-corrected chi connectivity index (χ4v) is 6.88. The number of anilines is 3. The Balaban J connectivity index is 0.000000156. The number of nitrogens with one attached hydrogen (secondary N) is 1. The summed E-state index contributed by atoms with van der Waals surface area (Å²) < 4.78 is 18.3. The van der Waals surface area contributed by atoms with E-state index in [1.807, 2.05) is 32.9 Å². The van der Waals surface area contributed by atoms with Crippen molar-refractivity contribution in [2.75, 3.05) is 10.2 Å². The first-order valence-corrected chi connectivity index (χ1v) is 16.7. The number of fused-ring (bicyclic) bond motifs is 8. The smallest absolute Gasteiger partial charge is 0.336 e. The van der Waals surface area contributed by atoms with Crippen LogP contribution in [0.25, 0.3) is 11.0 Å². The number of amides is 1. The molecule has 246 valence electrons. The minimum atomic E-state index is -0.744. The summed E-state index contributed by atoms with van der Waals surface area (Å²) in [6, 6.07) is 7.47. The van der Waals surface area contributed by atoms with Crippen LogP contribution in [0, 0.1) is 12.8 Å². The summed E-state index contributed by atoms with van der Waals surface area (Å²) in [4.78, 5) is 35.7. The standard InChI is InChI=1S/C22H28O5.C15H14N4O/c1-6-7-13-10-15(23)26-21-16(13)20-14(8-9-22(4,5)27-20)19-17(21)18(24)11(2)12(3)25-19;1-9-6-8-17-14-12(9)18-15(20)11-3-2-7-16-13(11)19(14)10-4-5-10/h10-12,18,24H,6-9H2,1-5H3;2-3,6-8,10H,4-5H2,1H3,(H,18,20)/t11-,12-,18-;/m0./s1. The predicted octanol–water partition coefficient (Wildman–Crippen LogP) is 6.95. The number of aliphatic hydroxyl groups is 1. The molecule has 0 saturated heterocycles. The first-order chi connectivity index (χ1) is 22.5. The van der Waals surface area contributed by atoms with Gasteiger partial charge in [0.25, 0.3) is 5.91 Å². The van der Waals surface area contributed by atoms with E-state index in [-0.39, 0.29) is 23.5 Å². The van der Waals surface area contributed by atoms with E-state index in [1.165, 1.54) is 0 Å². The minimum absolute atomic E-state index is 0.0974. The highest BCUT2D eigenvalue weighted by atomic mass is 16.5. The van der Waals surface area contributed by atoms with E-state index in [4.69, 9.17) is 13.9 Å². The average Bonchev–Trinajstić information content (AvgIpc) is 3.87. The largest absolute Gasteiger partial charge is 0.489 e. The van der Waals surface area contributed by atoms with Gasteiger partial charge in [0, 0.05) is 36.0 Å². The van der Waals surface area contributed by atoms with Crippen LogP contribution in [0.4, 0.5) is 17.3 Å². The van der Waals surface area contributed by atoms with Crippen LogP contribution in [-0.2, 0) is 12.8 Å². The Bertz CT molecular complexity index is 1950. The number of hydrogen-bond donors (Lipinski definition) is 2. The van der Waals surface area contributed by atoms with Crippen molar-refractivity contribution in [3.63, 3.8) is 0 Å². The normalized spacial score (nSPS) is 22.2. The summed E-state index contributed by atoms with van der Waals surface area (Å²) in [6.07, 6.45) is 8.17. The number of ether oxygens (including phenoxy) is 2. The number of carbonyl (C=O) groups excluding carboxylic acids is 1. The number of hydrogen-bond acceptors (Lipinski definition) is 9. The second-order valence-electron chi connectivity index (χ2n) is 13.8. The number of aryl methyl sites for hydroxylation is 2. The molecule has 2 N–H and O–H groups in total. The molecule has 1 aliphatic carbocycles. The third-order valence-corrected chi connectivity index (χ3v) is 9.80. The third-order valence-electron chi connectivity index (χ3n) is 9.80. The lowest BCUT2D eigenvalue weighted by Crippen LogP contribution is -2.36. The van der Waals surface area contributed by atoms with E-state index in [9.17, 15) is 14.7 Å². The van der Waals surface area contributed by atoms with Crippen molar-refractivity contribution in [3.8, 4) is 11.5 Å². The lowest BCUT2D eigenvalue weighted by Gasteiger charge is -2.39. The highest BCUT2D eigenvalue weighted by molar-refractivity contribution is 6.12. The van der Waals surface area contributed by atoms with Gasteiger partial charge in [-0.3, -0.25) is 4.79 Å². The van der Waals surface area contributed by atoms with Crippen molar-refractivity contribution in [1.82, 2.24) is 9.97 Å². The van der Waals surface area contributed by atoms with Crippen molar-refractivity contribution in [2.45, 2.75) is 104 Å². The molecule has 10 nitrogen and oxygen atoms in total. The molecule has 1 aromatic carbocycles. The number of rotatable bonds is 3. The summed E-state index contributed by atoms with van der Waals surface area (Å²) in [5.74, 6) is 2.69. The lowest BCUT2D eigenvalue weighted by molar-refractivity contribution is 0.0151. The third kappa shape index (κ3) is 5.42. The highest BCUT2D eigenvalue weighted by Gasteiger charge is 2.41. The zero-order valence-electron chi connectivity index (χ0n) is 27.8. The second-order valence-corrected chi connectivity index (χ2v) is 13.8. The van der Waals surface area contributed by atoms with Gasteiger partial charge in [-0.2, -0.15) is 0 Å². The van der Waals surface area contributed by atoms with E-state index >= 15 is 0 Å². The Morgan fingerprint density at radius 1 is 1.09 bits per heavy atom. The van der Waals surface area contributed by atoms with Crippen LogP contribution in [0.1, 0.15) is 99.0 Å². The van der Waals surface area contributed by atoms with E-state index in [2.05, 4.69) is 41.0 Å². The maximum absolute atomic E-state index is 12.4. The number of aliphatic hydroxyl groups excluding tert-OH is 1. The molecule has 10 heteroatoms. The maximum Gasteiger partial charge on any atom is 0.336 e. The number of pyridine rings is 2. The maximum atomic E-state index is 12.4. The Morgan fingerprint density at radius 2 is 1.85 bits per heavy atom. The average molecular weight is 639 g/mol. The molecule has 3 atom stereocenters. The lowest BCUT2D eigenvalue weighted by atomic mass is 9.83. The van der Waals surface area contributed by atoms with E-state index in [1.54, 1.807) is 24.5 Å². The SMILES string of the molecule is CCCc1cc(=O)oc2c3c(c4c(c12)OC(C)(C)CC4)O[C@@H](C)[C@H](C)[C@@H]3O.Cc1ccnc2c1NC(=O)c1cccnc1N2C1CC1. The fourth-order valence-electron chi connectivity index (χ4n) is 6.88. The summed E-state index contributed by atoms with van der Waals surface area (Å²) in [5, 5.41) is 14.8. The monoisotopic (exact) mass is 638 g/mol. The van der Waals surface area contributed by atoms with Gasteiger partial charge in [-0.05, 0) is 89.1 Å². The molecule has 1 fully saturated rings. The van der Waals surface area contributed by atoms with E-state index < -0.39 is 11.7 Å². The fraction of sp³-hybridized carbons (Fsp3) is 0.459. The number of aromatic nitrogens is 2. The van der Waals surface area contributed by atoms with Gasteiger partial charge in [0.15, 0.2) is 11.4 Å². The first-order valence-electron chi connectivity index (χ1n) is 16.7. The van der Waals surface area contributed by atoms with Crippen molar-refractivity contribution >= 4 is 34.2 Å². The molecule has 4 aliphatic rings. The van der Waals surface area contributed by atoms with Crippen LogP contribution in [0.15, 0.2) is 45.9 Å². The van der Waals surface area contributed by atoms with Gasteiger partial charge in [-0.25, -0.2) is 14.8 Å². The summed E-state index contributed by atoms with van der Waals surface area (Å²) in [7, 11) is 0. The van der Waals surface area contributed by atoms with E-state index in [0.29, 0.717) is 34.3 Å². The second kappa shape index (κ2) is 11.7. The van der Waals surface area contributed by atoms with Crippen molar-refractivity contribution in [2.24, 2.45) is 5.92 Å². The van der Waals surface area contributed by atoms with Crippen LogP contribution >= 0.6 is 0 Å². The molecule has 4 aromatic rings. The molecule has 3 aliphatic heterocycles. The predicted molar refractivity (Wildman–Crippen MR) is 180 cm³/mol. The van der Waals surface area contributed by atoms with Crippen LogP contribution < -0.4 is 25.3 Å². The van der Waals surface area contributed by atoms with Gasteiger partial charge in [0.05, 0.1) is 28.3 Å². The number of nitrogens with zero attached hydrogens (tertiary/aromatic N) is 3. The van der Waals surface area contributed by atoms with Gasteiger partial charge in [0.2, 0.25) is 0 Å². The highest BCUT2D eigenvalue weighted by Crippen LogP contribution is 2.52. The Morgan fingerprint density at radius 3 is 2.60 bits per heavy atom. The van der Waals surface area contributed by atoms with Crippen molar-refractivity contribution in [1.29, 1.82) is 0 Å². The van der Waals surface area contributed by atoms with Gasteiger partial charge < -0.3 is 29.2 Å². The zero-order chi connectivity index (χ0) is 33.2. The topological polar surface area (TPSA) is 127 Å². The quantitative estimate of drug-likeness (QED) is 0.229. The molecular formula is C37H42N4O6. The van der Waals surface area contributed by atoms with Gasteiger partial charge in [-0.1, -0.05) is 20.3 Å². The molecular weight excluding hydrogens is 596 g/mol. The summed E-state index contributed by atoms with van der Waals surface area (Å²) in [5.41, 5.74) is 4.64. The molecule has 47 heavy (non-hydrogen) atoms. The minimum Gasteiger partial charge on any atom is -0.489 e. The molecule has 8 rings (SSSR count). The zero-order valence-corrected chi connectivity index (χ0v) is 27.8. The van der Waals surface area contributed by atoms with E-state index in [0.717, 1.165) is 77.9 Å². The van der Waals surface area contributed by atoms with Crippen molar-refractivity contribution in [3.05, 3.63) is 74.9 Å². The Kier molecular flexibility index (Phi) is 7.74. The molecule has 0 spiro atoms. The van der Waals surface area contributed by atoms with Crippen LogP contribution in [0.2, 0.25) is 0 Å². The van der Waals surface area contributed by atoms with Gasteiger partial charge in [0.1, 0.15) is 29.0 Å². The van der Waals surface area contributed by atoms with Crippen LogP contribution in [0.3, 0.4) is 0 Å². The number of benzene rings is 1. The van der Waals surface area contributed by atoms with Gasteiger partial charge in [-0.15, -0.1) is 0 Å². The molecule has 0 unspecified atom stereocenters. The first kappa shape index (κ1) is 31.2. The van der Waals surface area contributed by atoms with Crippen LogP contribution in [-0.4, -0.2) is 38.7 Å². The molecule has 0 bridgehead atoms. The number of carbonyl (C=O) groups is 1. The molecule has 1 saturated carbocycles. The Labute approximate surface area is 274 Å². The molecule has 6 heterocycles. The van der Waals surface area contributed by atoms with Gasteiger partial charge >= 0.3 is 5.63 Å². The molecule has 0 radical (unpaired) electrons. The van der Waals surface area contributed by atoms with Crippen LogP contribution in [0.5, 0.6) is 11.5 Å². The molecule has 3 aromatic heterocycles. The summed E-state index contributed by atoms with van der Waals surface area (Å²) in [6.45, 7) is 12.1. The summed E-state index contributed by atoms with van der Waals surface area (Å²) >= 11 is 0. The molecule has 1 amide bonds. The Hall–Kier alpha value is -4.44. The van der Waals surface area contributed by atoms with Crippen molar-refractivity contribution < 1.29 is 23.8 Å².